The maximum Gasteiger partial charge on any atom is 0.334 e. The van der Waals surface area contributed by atoms with Gasteiger partial charge in [0.1, 0.15) is 11.5 Å². The van der Waals surface area contributed by atoms with E-state index >= 15 is 0 Å². The van der Waals surface area contributed by atoms with E-state index in [2.05, 4.69) is 6.92 Å². The van der Waals surface area contributed by atoms with Crippen molar-refractivity contribution in [2.24, 2.45) is 0 Å². The van der Waals surface area contributed by atoms with E-state index in [4.69, 9.17) is 18.9 Å². The van der Waals surface area contributed by atoms with Crippen molar-refractivity contribution in [3.8, 4) is 22.6 Å². The average Bonchev–Trinajstić information content (AvgIpc) is 2.74. The first-order chi connectivity index (χ1) is 14.6. The summed E-state index contributed by atoms with van der Waals surface area (Å²) in [6.07, 6.45) is 4.46. The maximum atomic E-state index is 12.3. The minimum Gasteiger partial charge on any atom is -0.493 e. The molecule has 1 aliphatic rings. The molecule has 3 rings (SSSR count). The van der Waals surface area contributed by atoms with Crippen LogP contribution in [0.2, 0.25) is 0 Å². The minimum absolute atomic E-state index is 0.183. The van der Waals surface area contributed by atoms with Crippen LogP contribution in [0.5, 0.6) is 11.5 Å². The quantitative estimate of drug-likeness (QED) is 0.417. The Kier molecular flexibility index (Phi) is 7.91. The molecule has 1 unspecified atom stereocenters. The first-order valence-corrected chi connectivity index (χ1v) is 10.6. The van der Waals surface area contributed by atoms with Crippen molar-refractivity contribution in [3.63, 3.8) is 0 Å². The summed E-state index contributed by atoms with van der Waals surface area (Å²) in [6, 6.07) is 13.9. The summed E-state index contributed by atoms with van der Waals surface area (Å²) >= 11 is 0. The highest BCUT2D eigenvalue weighted by Gasteiger charge is 2.15. The molecule has 0 saturated carbocycles. The monoisotopic (exact) mass is 410 g/mol. The van der Waals surface area contributed by atoms with E-state index in [-0.39, 0.29) is 18.9 Å². The second-order valence-electron chi connectivity index (χ2n) is 7.27. The zero-order chi connectivity index (χ0) is 21.3. The Morgan fingerprint density at radius 2 is 1.87 bits per heavy atom. The Morgan fingerprint density at radius 3 is 2.60 bits per heavy atom. The molecule has 0 amide bonds. The number of fused-ring (bicyclic) bond motifs is 1. The van der Waals surface area contributed by atoms with E-state index in [1.807, 2.05) is 62.4 Å². The SMILES string of the molecule is CCOC(=O)C1=Cc2cc(-c3ccc(OCOC(C)CC)cc3)ccc2OCCC1. The van der Waals surface area contributed by atoms with Crippen LogP contribution in [0, 0.1) is 0 Å². The molecule has 1 atom stereocenters. The summed E-state index contributed by atoms with van der Waals surface area (Å²) in [4.78, 5) is 12.3. The van der Waals surface area contributed by atoms with Crippen LogP contribution < -0.4 is 9.47 Å². The van der Waals surface area contributed by atoms with Crippen molar-refractivity contribution in [1.29, 1.82) is 0 Å². The lowest BCUT2D eigenvalue weighted by molar-refractivity contribution is -0.138. The van der Waals surface area contributed by atoms with Crippen molar-refractivity contribution in [3.05, 3.63) is 53.6 Å². The van der Waals surface area contributed by atoms with Crippen molar-refractivity contribution < 1.29 is 23.7 Å². The molecule has 0 radical (unpaired) electrons. The Labute approximate surface area is 178 Å². The van der Waals surface area contributed by atoms with E-state index in [0.717, 1.165) is 41.0 Å². The fraction of sp³-hybridized carbons (Fsp3) is 0.400. The van der Waals surface area contributed by atoms with Gasteiger partial charge >= 0.3 is 5.97 Å². The van der Waals surface area contributed by atoms with E-state index in [0.29, 0.717) is 25.2 Å². The molecule has 0 saturated heterocycles. The third-order valence-electron chi connectivity index (χ3n) is 5.07. The van der Waals surface area contributed by atoms with Crippen molar-refractivity contribution >= 4 is 12.0 Å². The average molecular weight is 411 g/mol. The zero-order valence-corrected chi connectivity index (χ0v) is 18.0. The summed E-state index contributed by atoms with van der Waals surface area (Å²) in [5.74, 6) is 1.29. The number of rotatable bonds is 8. The summed E-state index contributed by atoms with van der Waals surface area (Å²) in [6.45, 7) is 7.12. The maximum absolute atomic E-state index is 12.3. The number of benzene rings is 2. The molecule has 160 valence electrons. The predicted octanol–water partition coefficient (Wildman–Crippen LogP) is 5.62. The number of carbonyl (C=O) groups excluding carboxylic acids is 1. The zero-order valence-electron chi connectivity index (χ0n) is 18.0. The lowest BCUT2D eigenvalue weighted by Crippen LogP contribution is -2.11. The molecule has 0 bridgehead atoms. The molecule has 1 aliphatic heterocycles. The lowest BCUT2D eigenvalue weighted by Gasteiger charge is -2.16. The highest BCUT2D eigenvalue weighted by Crippen LogP contribution is 2.31. The van der Waals surface area contributed by atoms with Gasteiger partial charge in [0.25, 0.3) is 0 Å². The van der Waals surface area contributed by atoms with Gasteiger partial charge in [0.15, 0.2) is 6.79 Å². The van der Waals surface area contributed by atoms with Crippen LogP contribution in [0.15, 0.2) is 48.0 Å². The van der Waals surface area contributed by atoms with Gasteiger partial charge in [0, 0.05) is 11.1 Å². The molecule has 0 aliphatic carbocycles. The molecule has 2 aromatic rings. The van der Waals surface area contributed by atoms with Crippen LogP contribution in [-0.2, 0) is 14.3 Å². The molecule has 0 spiro atoms. The molecule has 30 heavy (non-hydrogen) atoms. The summed E-state index contributed by atoms with van der Waals surface area (Å²) in [7, 11) is 0. The van der Waals surface area contributed by atoms with Crippen LogP contribution >= 0.6 is 0 Å². The molecule has 2 aromatic carbocycles. The number of hydrogen-bond donors (Lipinski definition) is 0. The van der Waals surface area contributed by atoms with Crippen molar-refractivity contribution in [2.45, 2.75) is 46.1 Å². The van der Waals surface area contributed by atoms with Gasteiger partial charge in [0.2, 0.25) is 0 Å². The summed E-state index contributed by atoms with van der Waals surface area (Å²) in [5, 5.41) is 0. The number of carbonyl (C=O) groups is 1. The smallest absolute Gasteiger partial charge is 0.334 e. The molecule has 0 N–H and O–H groups in total. The Hall–Kier alpha value is -2.79. The molecule has 0 fully saturated rings. The third kappa shape index (κ3) is 5.86. The fourth-order valence-electron chi connectivity index (χ4n) is 3.14. The Morgan fingerprint density at radius 1 is 1.10 bits per heavy atom. The van der Waals surface area contributed by atoms with Gasteiger partial charge in [-0.15, -0.1) is 0 Å². The molecule has 5 heteroatoms. The predicted molar refractivity (Wildman–Crippen MR) is 118 cm³/mol. The Bertz CT molecular complexity index is 870. The molecular formula is C25H30O5. The van der Waals surface area contributed by atoms with E-state index in [9.17, 15) is 4.79 Å². The fourth-order valence-corrected chi connectivity index (χ4v) is 3.14. The minimum atomic E-state index is -0.253. The van der Waals surface area contributed by atoms with Crippen molar-refractivity contribution in [1.82, 2.24) is 0 Å². The molecule has 1 heterocycles. The van der Waals surface area contributed by atoms with Gasteiger partial charge in [-0.2, -0.15) is 0 Å². The van der Waals surface area contributed by atoms with Crippen molar-refractivity contribution in [2.75, 3.05) is 20.0 Å². The second kappa shape index (κ2) is 10.8. The van der Waals surface area contributed by atoms with E-state index < -0.39 is 0 Å². The van der Waals surface area contributed by atoms with Crippen LogP contribution in [0.25, 0.3) is 17.2 Å². The Balaban J connectivity index is 1.78. The largest absolute Gasteiger partial charge is 0.493 e. The summed E-state index contributed by atoms with van der Waals surface area (Å²) < 4.78 is 22.3. The van der Waals surface area contributed by atoms with Crippen LogP contribution in [-0.4, -0.2) is 32.1 Å². The van der Waals surface area contributed by atoms with Gasteiger partial charge < -0.3 is 18.9 Å². The van der Waals surface area contributed by atoms with Crippen LogP contribution in [0.3, 0.4) is 0 Å². The molecular weight excluding hydrogens is 380 g/mol. The molecule has 5 nitrogen and oxygen atoms in total. The second-order valence-corrected chi connectivity index (χ2v) is 7.27. The highest BCUT2D eigenvalue weighted by molar-refractivity contribution is 5.94. The first-order valence-electron chi connectivity index (χ1n) is 10.6. The van der Waals surface area contributed by atoms with Gasteiger partial charge in [-0.3, -0.25) is 0 Å². The van der Waals surface area contributed by atoms with E-state index in [1.54, 1.807) is 0 Å². The van der Waals surface area contributed by atoms with Gasteiger partial charge in [-0.25, -0.2) is 4.79 Å². The topological polar surface area (TPSA) is 54.0 Å². The van der Waals surface area contributed by atoms with Crippen LogP contribution in [0.1, 0.15) is 45.6 Å². The standard InChI is InChI=1S/C25H30O5/c1-4-18(3)29-17-30-23-11-8-19(9-12-23)20-10-13-24-22(15-20)16-21(7-6-14-28-24)25(26)27-5-2/h8-13,15-16,18H,4-7,14,17H2,1-3H3. The van der Waals surface area contributed by atoms with Gasteiger partial charge in [-0.1, -0.05) is 25.1 Å². The van der Waals surface area contributed by atoms with Gasteiger partial charge in [-0.05, 0) is 74.6 Å². The van der Waals surface area contributed by atoms with Gasteiger partial charge in [0.05, 0.1) is 19.3 Å². The molecule has 0 aromatic heterocycles. The van der Waals surface area contributed by atoms with Crippen LogP contribution in [0.4, 0.5) is 0 Å². The number of ether oxygens (including phenoxy) is 4. The first kappa shape index (κ1) is 21.9. The van der Waals surface area contributed by atoms with E-state index in [1.165, 1.54) is 0 Å². The number of hydrogen-bond acceptors (Lipinski definition) is 5. The summed E-state index contributed by atoms with van der Waals surface area (Å²) in [5.41, 5.74) is 3.67. The normalized spacial score (nSPS) is 14.4. The number of esters is 1. The highest BCUT2D eigenvalue weighted by atomic mass is 16.7. The lowest BCUT2D eigenvalue weighted by atomic mass is 9.99. The third-order valence-corrected chi connectivity index (χ3v) is 5.07.